The van der Waals surface area contributed by atoms with E-state index in [0.29, 0.717) is 0 Å². The number of nitriles is 1. The van der Waals surface area contributed by atoms with E-state index in [1.807, 2.05) is 13.0 Å². The van der Waals surface area contributed by atoms with E-state index in [1.165, 1.54) is 6.07 Å². The molecule has 0 aromatic heterocycles. The molecule has 0 saturated heterocycles. The van der Waals surface area contributed by atoms with Crippen LogP contribution in [-0.2, 0) is 0 Å². The van der Waals surface area contributed by atoms with E-state index in [1.54, 1.807) is 13.0 Å². The first-order valence-electron chi connectivity index (χ1n) is 3.81. The monoisotopic (exact) mass is 175 g/mol. The Bertz CT molecular complexity index is 402. The van der Waals surface area contributed by atoms with Crippen LogP contribution in [0.5, 0.6) is 0 Å². The normalized spacial score (nSPS) is 9.31. The largest absolute Gasteiger partial charge is 0.478 e. The van der Waals surface area contributed by atoms with Crippen molar-refractivity contribution in [2.75, 3.05) is 0 Å². The summed E-state index contributed by atoms with van der Waals surface area (Å²) in [5.74, 6) is -1.06. The third-order valence-electron chi connectivity index (χ3n) is 2.08. The fraction of sp³-hybridized carbons (Fsp3) is 0.200. The molecule has 0 saturated carbocycles. The highest BCUT2D eigenvalue weighted by molar-refractivity contribution is 5.91. The van der Waals surface area contributed by atoms with Gasteiger partial charge in [0.2, 0.25) is 0 Å². The Kier molecular flexibility index (Phi) is 2.34. The van der Waals surface area contributed by atoms with Crippen LogP contribution < -0.4 is 0 Å². The molecular weight excluding hydrogens is 166 g/mol. The van der Waals surface area contributed by atoms with Gasteiger partial charge in [-0.1, -0.05) is 6.07 Å². The van der Waals surface area contributed by atoms with Crippen LogP contribution in [0.15, 0.2) is 12.1 Å². The number of hydrogen-bond acceptors (Lipinski definition) is 2. The molecule has 0 radical (unpaired) electrons. The van der Waals surface area contributed by atoms with Crippen molar-refractivity contribution < 1.29 is 9.90 Å². The summed E-state index contributed by atoms with van der Waals surface area (Å²) in [5, 5.41) is 17.5. The van der Waals surface area contributed by atoms with Gasteiger partial charge in [-0.25, -0.2) is 4.79 Å². The number of rotatable bonds is 1. The van der Waals surface area contributed by atoms with E-state index in [2.05, 4.69) is 0 Å². The minimum Gasteiger partial charge on any atom is -0.478 e. The van der Waals surface area contributed by atoms with Crippen molar-refractivity contribution in [3.8, 4) is 6.07 Å². The number of benzene rings is 1. The maximum atomic E-state index is 10.7. The predicted octanol–water partition coefficient (Wildman–Crippen LogP) is 1.87. The van der Waals surface area contributed by atoms with Gasteiger partial charge in [-0.15, -0.1) is 0 Å². The Hall–Kier alpha value is -1.82. The van der Waals surface area contributed by atoms with Crippen LogP contribution in [0.4, 0.5) is 0 Å². The Labute approximate surface area is 76.2 Å². The smallest absolute Gasteiger partial charge is 0.337 e. The number of hydrogen-bond donors (Lipinski definition) is 1. The van der Waals surface area contributed by atoms with Crippen molar-refractivity contribution >= 4 is 5.97 Å². The van der Waals surface area contributed by atoms with Crippen LogP contribution in [0.2, 0.25) is 0 Å². The van der Waals surface area contributed by atoms with Gasteiger partial charge in [0.25, 0.3) is 0 Å². The van der Waals surface area contributed by atoms with Gasteiger partial charge in [-0.2, -0.15) is 5.26 Å². The number of carboxylic acids is 1. The molecule has 1 rings (SSSR count). The lowest BCUT2D eigenvalue weighted by Crippen LogP contribution is -2.02. The summed E-state index contributed by atoms with van der Waals surface area (Å²) in [5.41, 5.74) is 2.00. The average molecular weight is 175 g/mol. The van der Waals surface area contributed by atoms with Crippen molar-refractivity contribution in [1.29, 1.82) is 5.26 Å². The zero-order chi connectivity index (χ0) is 10.0. The van der Waals surface area contributed by atoms with Crippen LogP contribution >= 0.6 is 0 Å². The molecule has 66 valence electrons. The summed E-state index contributed by atoms with van der Waals surface area (Å²) in [6.45, 7) is 3.60. The Morgan fingerprint density at radius 2 is 2.08 bits per heavy atom. The molecule has 0 unspecified atom stereocenters. The minimum atomic E-state index is -1.06. The molecule has 0 aliphatic carbocycles. The third-order valence-corrected chi connectivity index (χ3v) is 2.08. The Morgan fingerprint density at radius 1 is 1.46 bits per heavy atom. The van der Waals surface area contributed by atoms with Crippen LogP contribution in [0, 0.1) is 25.2 Å². The Morgan fingerprint density at radius 3 is 2.54 bits per heavy atom. The van der Waals surface area contributed by atoms with Gasteiger partial charge >= 0.3 is 5.97 Å². The zero-order valence-corrected chi connectivity index (χ0v) is 7.46. The van der Waals surface area contributed by atoms with E-state index in [4.69, 9.17) is 10.4 Å². The van der Waals surface area contributed by atoms with E-state index in [0.717, 1.165) is 11.1 Å². The molecule has 13 heavy (non-hydrogen) atoms. The van der Waals surface area contributed by atoms with Gasteiger partial charge < -0.3 is 5.11 Å². The maximum absolute atomic E-state index is 10.7. The van der Waals surface area contributed by atoms with E-state index in [-0.39, 0.29) is 11.1 Å². The highest BCUT2D eigenvalue weighted by Crippen LogP contribution is 2.16. The molecule has 3 nitrogen and oxygen atoms in total. The lowest BCUT2D eigenvalue weighted by molar-refractivity contribution is 0.0696. The highest BCUT2D eigenvalue weighted by Gasteiger charge is 2.12. The summed E-state index contributed by atoms with van der Waals surface area (Å²) in [4.78, 5) is 10.7. The molecule has 0 spiro atoms. The van der Waals surface area contributed by atoms with E-state index in [9.17, 15) is 4.79 Å². The van der Waals surface area contributed by atoms with Crippen LogP contribution in [0.3, 0.4) is 0 Å². The second-order valence-electron chi connectivity index (χ2n) is 2.85. The first-order valence-corrected chi connectivity index (χ1v) is 3.81. The van der Waals surface area contributed by atoms with Crippen molar-refractivity contribution in [2.45, 2.75) is 13.8 Å². The minimum absolute atomic E-state index is 0.0746. The first kappa shape index (κ1) is 9.27. The van der Waals surface area contributed by atoms with E-state index < -0.39 is 5.97 Å². The molecule has 0 bridgehead atoms. The molecule has 1 N–H and O–H groups in total. The molecule has 1 aromatic carbocycles. The van der Waals surface area contributed by atoms with Gasteiger partial charge in [-0.05, 0) is 31.0 Å². The number of carboxylic acid groups (broad SMARTS) is 1. The van der Waals surface area contributed by atoms with Crippen LogP contribution in [-0.4, -0.2) is 11.1 Å². The number of nitrogens with zero attached hydrogens (tertiary/aromatic N) is 1. The molecule has 3 heteroatoms. The number of carbonyl (C=O) groups is 1. The van der Waals surface area contributed by atoms with Gasteiger partial charge in [0.1, 0.15) is 6.07 Å². The van der Waals surface area contributed by atoms with Crippen molar-refractivity contribution in [3.63, 3.8) is 0 Å². The first-order chi connectivity index (χ1) is 6.07. The fourth-order valence-corrected chi connectivity index (χ4v) is 1.14. The van der Waals surface area contributed by atoms with Crippen LogP contribution in [0.25, 0.3) is 0 Å². The Balaban J connectivity index is 3.50. The summed E-state index contributed by atoms with van der Waals surface area (Å²) < 4.78 is 0. The SMILES string of the molecule is Cc1ccc(C(=O)O)c(C#N)c1C. The summed E-state index contributed by atoms with van der Waals surface area (Å²) in [7, 11) is 0. The van der Waals surface area contributed by atoms with Gasteiger partial charge in [0, 0.05) is 0 Å². The molecule has 0 atom stereocenters. The highest BCUT2D eigenvalue weighted by atomic mass is 16.4. The summed E-state index contributed by atoms with van der Waals surface area (Å²) >= 11 is 0. The second-order valence-corrected chi connectivity index (χ2v) is 2.85. The quantitative estimate of drug-likeness (QED) is 0.708. The average Bonchev–Trinajstić information content (AvgIpc) is 2.09. The van der Waals surface area contributed by atoms with Gasteiger partial charge in [-0.3, -0.25) is 0 Å². The molecular formula is C10H9NO2. The lowest BCUT2D eigenvalue weighted by atomic mass is 9.99. The lowest BCUT2D eigenvalue weighted by Gasteiger charge is -2.04. The van der Waals surface area contributed by atoms with E-state index >= 15 is 0 Å². The summed E-state index contributed by atoms with van der Waals surface area (Å²) in [6.07, 6.45) is 0. The molecule has 0 fully saturated rings. The standard InChI is InChI=1S/C10H9NO2/c1-6-3-4-8(10(12)13)9(5-11)7(6)2/h3-4H,1-2H3,(H,12,13). The zero-order valence-electron chi connectivity index (χ0n) is 7.46. The molecule has 0 amide bonds. The maximum Gasteiger partial charge on any atom is 0.337 e. The predicted molar refractivity (Wildman–Crippen MR) is 47.6 cm³/mol. The number of aryl methyl sites for hydroxylation is 1. The van der Waals surface area contributed by atoms with Crippen LogP contribution in [0.1, 0.15) is 27.0 Å². The van der Waals surface area contributed by atoms with Gasteiger partial charge in [0.15, 0.2) is 0 Å². The van der Waals surface area contributed by atoms with Crippen molar-refractivity contribution in [2.24, 2.45) is 0 Å². The molecule has 0 heterocycles. The van der Waals surface area contributed by atoms with Crippen molar-refractivity contribution in [1.82, 2.24) is 0 Å². The number of aromatic carboxylic acids is 1. The molecule has 1 aromatic rings. The fourth-order valence-electron chi connectivity index (χ4n) is 1.14. The summed E-state index contributed by atoms with van der Waals surface area (Å²) in [6, 6.07) is 5.07. The van der Waals surface area contributed by atoms with Crippen molar-refractivity contribution in [3.05, 3.63) is 34.4 Å². The van der Waals surface area contributed by atoms with Gasteiger partial charge in [0.05, 0.1) is 11.1 Å². The molecule has 0 aliphatic rings. The second kappa shape index (κ2) is 3.28. The molecule has 0 aliphatic heterocycles. The third kappa shape index (κ3) is 1.52. The topological polar surface area (TPSA) is 61.1 Å².